The molecule has 0 spiro atoms. The molecule has 3 rings (SSSR count). The number of anilines is 2. The number of hydrogen-bond donors (Lipinski definition) is 1. The third-order valence-corrected chi connectivity index (χ3v) is 7.43. The molecule has 0 bridgehead atoms. The van der Waals surface area contributed by atoms with E-state index in [0.717, 1.165) is 11.1 Å². The summed E-state index contributed by atoms with van der Waals surface area (Å²) in [5.74, 6) is -0.0182. The highest BCUT2D eigenvalue weighted by atomic mass is 32.2. The number of nitrogens with zero attached hydrogens (tertiary/aromatic N) is 1. The van der Waals surface area contributed by atoms with Gasteiger partial charge in [0, 0.05) is 6.54 Å². The molecule has 1 aliphatic rings. The second-order valence-electron chi connectivity index (χ2n) is 6.59. The topological polar surface area (TPSA) is 83.6 Å². The molecular formula is C18H22N2O4S2. The number of sulfonamides is 2. The van der Waals surface area contributed by atoms with Crippen molar-refractivity contribution in [3.05, 3.63) is 59.2 Å². The number of hydrogen-bond acceptors (Lipinski definition) is 4. The van der Waals surface area contributed by atoms with Crippen LogP contribution in [-0.4, -0.2) is 29.1 Å². The zero-order chi connectivity index (χ0) is 18.9. The van der Waals surface area contributed by atoms with Crippen LogP contribution < -0.4 is 9.03 Å². The highest BCUT2D eigenvalue weighted by Crippen LogP contribution is 2.29. The Labute approximate surface area is 155 Å². The molecule has 0 unspecified atom stereocenters. The minimum absolute atomic E-state index is 0.120. The molecule has 1 heterocycles. The van der Waals surface area contributed by atoms with E-state index in [-0.39, 0.29) is 11.5 Å². The summed E-state index contributed by atoms with van der Waals surface area (Å²) >= 11 is 0. The summed E-state index contributed by atoms with van der Waals surface area (Å²) < 4.78 is 53.2. The minimum atomic E-state index is -3.61. The maximum atomic E-state index is 12.5. The molecule has 0 amide bonds. The molecule has 1 fully saturated rings. The smallest absolute Gasteiger partial charge is 0.236 e. The van der Waals surface area contributed by atoms with Gasteiger partial charge in [0.15, 0.2) is 0 Å². The molecule has 140 valence electrons. The molecule has 2 aromatic carbocycles. The summed E-state index contributed by atoms with van der Waals surface area (Å²) in [5, 5.41) is 0. The molecular weight excluding hydrogens is 372 g/mol. The highest BCUT2D eigenvalue weighted by Gasteiger charge is 2.28. The first-order valence-electron chi connectivity index (χ1n) is 8.33. The molecule has 0 radical (unpaired) electrons. The molecule has 1 N–H and O–H groups in total. The molecule has 26 heavy (non-hydrogen) atoms. The lowest BCUT2D eigenvalue weighted by Gasteiger charge is -2.19. The van der Waals surface area contributed by atoms with Crippen molar-refractivity contribution in [3.63, 3.8) is 0 Å². The van der Waals surface area contributed by atoms with Gasteiger partial charge < -0.3 is 0 Å². The second-order valence-corrected chi connectivity index (χ2v) is 10.3. The van der Waals surface area contributed by atoms with Gasteiger partial charge in [0.25, 0.3) is 0 Å². The normalized spacial score (nSPS) is 16.6. The van der Waals surface area contributed by atoms with E-state index in [9.17, 15) is 16.8 Å². The number of rotatable bonds is 5. The quantitative estimate of drug-likeness (QED) is 0.845. The molecule has 0 aliphatic carbocycles. The predicted octanol–water partition coefficient (Wildman–Crippen LogP) is 2.79. The van der Waals surface area contributed by atoms with Crippen molar-refractivity contribution >= 4 is 31.4 Å². The van der Waals surface area contributed by atoms with E-state index < -0.39 is 20.0 Å². The van der Waals surface area contributed by atoms with Crippen molar-refractivity contribution in [2.24, 2.45) is 0 Å². The third-order valence-electron chi connectivity index (χ3n) is 4.31. The summed E-state index contributed by atoms with van der Waals surface area (Å²) in [6.07, 6.45) is 0.574. The summed E-state index contributed by atoms with van der Waals surface area (Å²) in [5.41, 5.74) is 3.32. The van der Waals surface area contributed by atoms with Crippen molar-refractivity contribution in [2.75, 3.05) is 21.3 Å². The molecule has 0 saturated carbocycles. The Morgan fingerprint density at radius 1 is 1.12 bits per heavy atom. The van der Waals surface area contributed by atoms with E-state index in [4.69, 9.17) is 0 Å². The van der Waals surface area contributed by atoms with E-state index in [1.807, 2.05) is 25.1 Å². The van der Waals surface area contributed by atoms with Crippen LogP contribution in [0.25, 0.3) is 0 Å². The van der Waals surface area contributed by atoms with Crippen molar-refractivity contribution in [1.82, 2.24) is 0 Å². The van der Waals surface area contributed by atoms with Crippen molar-refractivity contribution in [1.29, 1.82) is 0 Å². The standard InChI is InChI=1S/C18H22N2O4S2/c1-14-5-3-6-16(11-14)13-25(21,22)19-18-12-17(8-7-15(18)2)20-9-4-10-26(20,23)24/h3,5-8,11-12,19H,4,9-10,13H2,1-2H3. The van der Waals surface area contributed by atoms with Crippen LogP contribution in [0.5, 0.6) is 0 Å². The van der Waals surface area contributed by atoms with Gasteiger partial charge in [-0.3, -0.25) is 9.03 Å². The average Bonchev–Trinajstić information content (AvgIpc) is 2.88. The van der Waals surface area contributed by atoms with Gasteiger partial charge in [-0.05, 0) is 43.5 Å². The maximum absolute atomic E-state index is 12.5. The summed E-state index contributed by atoms with van der Waals surface area (Å²) in [4.78, 5) is 0. The van der Waals surface area contributed by atoms with Crippen LogP contribution in [0.2, 0.25) is 0 Å². The Balaban J connectivity index is 1.86. The average molecular weight is 395 g/mol. The van der Waals surface area contributed by atoms with Crippen LogP contribution in [0.15, 0.2) is 42.5 Å². The minimum Gasteiger partial charge on any atom is -0.283 e. The molecule has 8 heteroatoms. The van der Waals surface area contributed by atoms with Crippen molar-refractivity contribution < 1.29 is 16.8 Å². The SMILES string of the molecule is Cc1cccc(CS(=O)(=O)Nc2cc(N3CCCS3(=O)=O)ccc2C)c1. The fourth-order valence-electron chi connectivity index (χ4n) is 3.03. The molecule has 0 aromatic heterocycles. The lowest BCUT2D eigenvalue weighted by atomic mass is 10.2. The fourth-order valence-corrected chi connectivity index (χ4v) is 5.83. The Hall–Kier alpha value is -2.06. The van der Waals surface area contributed by atoms with Crippen molar-refractivity contribution in [3.8, 4) is 0 Å². The first-order chi connectivity index (χ1) is 12.2. The van der Waals surface area contributed by atoms with E-state index in [1.54, 1.807) is 31.2 Å². The lowest BCUT2D eigenvalue weighted by molar-refractivity contribution is 0.598. The first kappa shape index (κ1) is 18.7. The lowest BCUT2D eigenvalue weighted by Crippen LogP contribution is -2.25. The maximum Gasteiger partial charge on any atom is 0.236 e. The molecule has 0 atom stereocenters. The molecule has 1 aliphatic heterocycles. The van der Waals surface area contributed by atoms with Crippen molar-refractivity contribution in [2.45, 2.75) is 26.0 Å². The molecule has 2 aromatic rings. The summed E-state index contributed by atoms with van der Waals surface area (Å²) in [6, 6.07) is 12.4. The van der Waals surface area contributed by atoms with Gasteiger partial charge in [-0.15, -0.1) is 0 Å². The van der Waals surface area contributed by atoms with Gasteiger partial charge >= 0.3 is 0 Å². The number of aryl methyl sites for hydroxylation is 2. The predicted molar refractivity (Wildman–Crippen MR) is 104 cm³/mol. The van der Waals surface area contributed by atoms with Gasteiger partial charge in [0.2, 0.25) is 20.0 Å². The van der Waals surface area contributed by atoms with E-state index in [0.29, 0.717) is 29.9 Å². The van der Waals surface area contributed by atoms with Gasteiger partial charge in [-0.1, -0.05) is 35.9 Å². The van der Waals surface area contributed by atoms with Crippen LogP contribution in [0, 0.1) is 13.8 Å². The zero-order valence-corrected chi connectivity index (χ0v) is 16.4. The largest absolute Gasteiger partial charge is 0.283 e. The monoisotopic (exact) mass is 394 g/mol. The Bertz CT molecular complexity index is 1030. The highest BCUT2D eigenvalue weighted by molar-refractivity contribution is 7.93. The van der Waals surface area contributed by atoms with Crippen LogP contribution in [-0.2, 0) is 25.8 Å². The first-order valence-corrected chi connectivity index (χ1v) is 11.6. The van der Waals surface area contributed by atoms with E-state index >= 15 is 0 Å². The summed E-state index contributed by atoms with van der Waals surface area (Å²) in [7, 11) is -6.92. The molecule has 1 saturated heterocycles. The zero-order valence-electron chi connectivity index (χ0n) is 14.8. The summed E-state index contributed by atoms with van der Waals surface area (Å²) in [6.45, 7) is 4.11. The van der Waals surface area contributed by atoms with E-state index in [2.05, 4.69) is 4.72 Å². The van der Waals surface area contributed by atoms with Crippen LogP contribution in [0.4, 0.5) is 11.4 Å². The number of benzene rings is 2. The van der Waals surface area contributed by atoms with Gasteiger partial charge in [0.1, 0.15) is 0 Å². The van der Waals surface area contributed by atoms with Crippen LogP contribution >= 0.6 is 0 Å². The molecule has 6 nitrogen and oxygen atoms in total. The van der Waals surface area contributed by atoms with Crippen LogP contribution in [0.1, 0.15) is 23.1 Å². The number of nitrogens with one attached hydrogen (secondary N) is 1. The van der Waals surface area contributed by atoms with Crippen LogP contribution in [0.3, 0.4) is 0 Å². The second kappa shape index (κ2) is 6.92. The van der Waals surface area contributed by atoms with E-state index in [1.165, 1.54) is 4.31 Å². The third kappa shape index (κ3) is 4.19. The Morgan fingerprint density at radius 2 is 1.88 bits per heavy atom. The fraction of sp³-hybridized carbons (Fsp3) is 0.333. The van der Waals surface area contributed by atoms with Gasteiger partial charge in [-0.2, -0.15) is 0 Å². The van der Waals surface area contributed by atoms with Gasteiger partial charge in [0.05, 0.1) is 22.9 Å². The van der Waals surface area contributed by atoms with Gasteiger partial charge in [-0.25, -0.2) is 16.8 Å². The Kier molecular flexibility index (Phi) is 4.98. The Morgan fingerprint density at radius 3 is 2.54 bits per heavy atom.